The molecule has 0 aromatic carbocycles. The fraction of sp³-hybridized carbons (Fsp3) is 0.583. The van der Waals surface area contributed by atoms with Gasteiger partial charge in [0.15, 0.2) is 0 Å². The number of guanidine groups is 1. The molecule has 0 saturated heterocycles. The third kappa shape index (κ3) is 4.99. The number of aliphatic imine (C=N–C) groups is 1. The summed E-state index contributed by atoms with van der Waals surface area (Å²) in [5.74, 6) is 0.0553. The van der Waals surface area contributed by atoms with Crippen molar-refractivity contribution in [1.29, 1.82) is 0 Å². The second-order valence-electron chi connectivity index (χ2n) is 4.13. The molecule has 0 fully saturated rings. The number of likely N-dealkylation sites (N-methyl/N-ethyl adjacent to an activating group) is 1. The third-order valence-electron chi connectivity index (χ3n) is 2.46. The van der Waals surface area contributed by atoms with Gasteiger partial charge >= 0.3 is 6.03 Å². The lowest BCUT2D eigenvalue weighted by molar-refractivity contribution is -0.116. The van der Waals surface area contributed by atoms with Gasteiger partial charge in [-0.3, -0.25) is 10.1 Å². The number of rotatable bonds is 5. The predicted octanol–water partition coefficient (Wildman–Crippen LogP) is 0.860. The minimum Gasteiger partial charge on any atom is -0.336 e. The van der Waals surface area contributed by atoms with Crippen LogP contribution in [0.3, 0.4) is 0 Å². The second kappa shape index (κ2) is 7.47. The Morgan fingerprint density at radius 1 is 1.50 bits per heavy atom. The number of amides is 3. The summed E-state index contributed by atoms with van der Waals surface area (Å²) in [4.78, 5) is 27.7. The van der Waals surface area contributed by atoms with Gasteiger partial charge in [-0.1, -0.05) is 31.9 Å². The standard InChI is InChI=1S/C12H20N4O2/c1-3-4-5-6-7-8-13-12(18)15-11-14-10(17)9-16(11)2/h6-7H,3-5,8-9H2,1-2H3,(H2,13,14,15,17,18). The Morgan fingerprint density at radius 2 is 2.28 bits per heavy atom. The van der Waals surface area contributed by atoms with E-state index in [9.17, 15) is 9.59 Å². The van der Waals surface area contributed by atoms with E-state index in [-0.39, 0.29) is 18.5 Å². The number of carbonyl (C=O) groups excluding carboxylic acids is 2. The van der Waals surface area contributed by atoms with E-state index >= 15 is 0 Å². The maximum absolute atomic E-state index is 11.5. The van der Waals surface area contributed by atoms with Crippen molar-refractivity contribution in [1.82, 2.24) is 15.5 Å². The van der Waals surface area contributed by atoms with Crippen LogP contribution in [0.25, 0.3) is 0 Å². The van der Waals surface area contributed by atoms with Crippen molar-refractivity contribution in [2.24, 2.45) is 4.99 Å². The molecule has 0 aromatic heterocycles. The molecule has 0 aliphatic carbocycles. The Morgan fingerprint density at radius 3 is 2.89 bits per heavy atom. The largest absolute Gasteiger partial charge is 0.336 e. The van der Waals surface area contributed by atoms with Crippen LogP contribution in [0.2, 0.25) is 0 Å². The summed E-state index contributed by atoms with van der Waals surface area (Å²) in [6, 6.07) is -0.351. The first-order valence-corrected chi connectivity index (χ1v) is 6.16. The molecule has 2 N–H and O–H groups in total. The van der Waals surface area contributed by atoms with Crippen molar-refractivity contribution >= 4 is 17.9 Å². The van der Waals surface area contributed by atoms with E-state index in [1.807, 2.05) is 12.2 Å². The number of hydrogen-bond donors (Lipinski definition) is 2. The minimum absolute atomic E-state index is 0.215. The molecular formula is C12H20N4O2. The Balaban J connectivity index is 2.20. The van der Waals surface area contributed by atoms with Crippen molar-refractivity contribution in [2.75, 3.05) is 20.1 Å². The Labute approximate surface area is 107 Å². The third-order valence-corrected chi connectivity index (χ3v) is 2.46. The number of nitrogens with zero attached hydrogens (tertiary/aromatic N) is 2. The highest BCUT2D eigenvalue weighted by molar-refractivity contribution is 6.06. The summed E-state index contributed by atoms with van der Waals surface area (Å²) in [7, 11) is 1.70. The predicted molar refractivity (Wildman–Crippen MR) is 70.3 cm³/mol. The molecule has 0 unspecified atom stereocenters. The van der Waals surface area contributed by atoms with Crippen LogP contribution in [0.15, 0.2) is 17.1 Å². The van der Waals surface area contributed by atoms with Crippen molar-refractivity contribution in [3.8, 4) is 0 Å². The number of unbranched alkanes of at least 4 members (excludes halogenated alkanes) is 2. The summed E-state index contributed by atoms with van der Waals surface area (Å²) >= 11 is 0. The van der Waals surface area contributed by atoms with Crippen molar-refractivity contribution in [2.45, 2.75) is 26.2 Å². The number of carbonyl (C=O) groups is 2. The quantitative estimate of drug-likeness (QED) is 0.563. The molecule has 6 heteroatoms. The van der Waals surface area contributed by atoms with Crippen LogP contribution in [-0.4, -0.2) is 42.9 Å². The smallest absolute Gasteiger partial charge is 0.321 e. The van der Waals surface area contributed by atoms with Gasteiger partial charge < -0.3 is 10.2 Å². The average Bonchev–Trinajstić information content (AvgIpc) is 2.62. The Hall–Kier alpha value is -1.85. The van der Waals surface area contributed by atoms with E-state index in [0.29, 0.717) is 12.5 Å². The summed E-state index contributed by atoms with van der Waals surface area (Å²) < 4.78 is 0. The molecule has 1 aliphatic rings. The van der Waals surface area contributed by atoms with Crippen molar-refractivity contribution in [3.05, 3.63) is 12.2 Å². The van der Waals surface area contributed by atoms with Gasteiger partial charge in [-0.2, -0.15) is 4.99 Å². The van der Waals surface area contributed by atoms with Crippen molar-refractivity contribution in [3.63, 3.8) is 0 Å². The average molecular weight is 252 g/mol. The molecule has 1 aliphatic heterocycles. The lowest BCUT2D eigenvalue weighted by Crippen LogP contribution is -2.44. The first-order valence-electron chi connectivity index (χ1n) is 6.16. The Kier molecular flexibility index (Phi) is 5.90. The van der Waals surface area contributed by atoms with Gasteiger partial charge in [0.25, 0.3) is 5.91 Å². The first-order chi connectivity index (χ1) is 8.63. The highest BCUT2D eigenvalue weighted by atomic mass is 16.2. The fourth-order valence-electron chi connectivity index (χ4n) is 1.46. The summed E-state index contributed by atoms with van der Waals surface area (Å²) in [5.41, 5.74) is 0. The van der Waals surface area contributed by atoms with Crippen LogP contribution < -0.4 is 10.6 Å². The van der Waals surface area contributed by atoms with Gasteiger partial charge in [0, 0.05) is 13.6 Å². The monoisotopic (exact) mass is 252 g/mol. The first kappa shape index (κ1) is 14.2. The second-order valence-corrected chi connectivity index (χ2v) is 4.13. The molecule has 1 heterocycles. The molecule has 6 nitrogen and oxygen atoms in total. The number of urea groups is 1. The lowest BCUT2D eigenvalue weighted by atomic mass is 10.2. The molecule has 0 aromatic rings. The molecule has 100 valence electrons. The summed E-state index contributed by atoms with van der Waals surface area (Å²) in [5, 5.41) is 5.20. The number of hydrogen-bond acceptors (Lipinski definition) is 3. The van der Waals surface area contributed by atoms with Gasteiger partial charge in [0.1, 0.15) is 6.54 Å². The summed E-state index contributed by atoms with van der Waals surface area (Å²) in [6.07, 6.45) is 7.32. The van der Waals surface area contributed by atoms with E-state index in [2.05, 4.69) is 22.5 Å². The molecule has 0 bridgehead atoms. The van der Waals surface area contributed by atoms with Crippen molar-refractivity contribution < 1.29 is 9.59 Å². The van der Waals surface area contributed by atoms with Gasteiger partial charge in [0.2, 0.25) is 5.96 Å². The van der Waals surface area contributed by atoms with E-state index < -0.39 is 0 Å². The molecule has 0 saturated carbocycles. The van der Waals surface area contributed by atoms with Gasteiger partial charge in [-0.15, -0.1) is 0 Å². The van der Waals surface area contributed by atoms with E-state index in [1.165, 1.54) is 6.42 Å². The van der Waals surface area contributed by atoms with Gasteiger partial charge in [-0.25, -0.2) is 4.79 Å². The minimum atomic E-state index is -0.351. The zero-order valence-corrected chi connectivity index (χ0v) is 10.9. The maximum Gasteiger partial charge on any atom is 0.321 e. The van der Waals surface area contributed by atoms with Crippen LogP contribution in [0.4, 0.5) is 4.79 Å². The van der Waals surface area contributed by atoms with E-state index in [0.717, 1.165) is 12.8 Å². The van der Waals surface area contributed by atoms with Gasteiger partial charge in [0.05, 0.1) is 0 Å². The van der Waals surface area contributed by atoms with E-state index in [4.69, 9.17) is 0 Å². The molecule has 18 heavy (non-hydrogen) atoms. The van der Waals surface area contributed by atoms with Crippen LogP contribution in [0.1, 0.15) is 26.2 Å². The summed E-state index contributed by atoms with van der Waals surface area (Å²) in [6.45, 7) is 2.83. The van der Waals surface area contributed by atoms with Gasteiger partial charge in [-0.05, 0) is 6.42 Å². The van der Waals surface area contributed by atoms with Crippen LogP contribution in [0, 0.1) is 0 Å². The zero-order chi connectivity index (χ0) is 13.4. The molecule has 0 spiro atoms. The van der Waals surface area contributed by atoms with Crippen LogP contribution >= 0.6 is 0 Å². The molecule has 0 radical (unpaired) electrons. The van der Waals surface area contributed by atoms with Crippen LogP contribution in [0.5, 0.6) is 0 Å². The van der Waals surface area contributed by atoms with E-state index in [1.54, 1.807) is 11.9 Å². The topological polar surface area (TPSA) is 73.8 Å². The Bertz CT molecular complexity index is 363. The van der Waals surface area contributed by atoms with Crippen LogP contribution in [-0.2, 0) is 4.79 Å². The SMILES string of the molecule is CCCCC=CCNC(=O)NC1=NC(=O)CN1C. The molecular weight excluding hydrogens is 232 g/mol. The number of nitrogens with one attached hydrogen (secondary N) is 2. The molecule has 3 amide bonds. The lowest BCUT2D eigenvalue weighted by Gasteiger charge is -2.13. The normalized spacial score (nSPS) is 15.1. The molecule has 0 atom stereocenters. The fourth-order valence-corrected chi connectivity index (χ4v) is 1.46. The molecule has 1 rings (SSSR count). The highest BCUT2D eigenvalue weighted by Crippen LogP contribution is 1.96. The zero-order valence-electron chi connectivity index (χ0n) is 10.9. The maximum atomic E-state index is 11.5. The number of allylic oxidation sites excluding steroid dienone is 1. The highest BCUT2D eigenvalue weighted by Gasteiger charge is 2.20.